The number of para-hydroxylation sites is 3. The summed E-state index contributed by atoms with van der Waals surface area (Å²) in [6, 6.07) is 21.9. The van der Waals surface area contributed by atoms with E-state index in [0.717, 1.165) is 5.56 Å². The third-order valence-corrected chi connectivity index (χ3v) is 5.46. The van der Waals surface area contributed by atoms with Crippen LogP contribution in [-0.4, -0.2) is 41.0 Å². The van der Waals surface area contributed by atoms with E-state index in [4.69, 9.17) is 25.2 Å². The summed E-state index contributed by atoms with van der Waals surface area (Å²) in [5.41, 5.74) is 10.1. The Morgan fingerprint density at radius 1 is 0.943 bits per heavy atom. The van der Waals surface area contributed by atoms with E-state index in [-0.39, 0.29) is 11.4 Å². The molecule has 2 heterocycles. The van der Waals surface area contributed by atoms with E-state index >= 15 is 0 Å². The number of rotatable bonds is 6. The van der Waals surface area contributed by atoms with Crippen LogP contribution in [0.3, 0.4) is 0 Å². The summed E-state index contributed by atoms with van der Waals surface area (Å²) in [7, 11) is 3.14. The molecule has 1 amide bonds. The number of carbonyl (C=O) groups is 1. The summed E-state index contributed by atoms with van der Waals surface area (Å²) < 4.78 is 12.1. The van der Waals surface area contributed by atoms with Crippen LogP contribution in [0.2, 0.25) is 0 Å². The lowest BCUT2D eigenvalue weighted by Crippen LogP contribution is -2.14. The van der Waals surface area contributed by atoms with Crippen molar-refractivity contribution in [2.45, 2.75) is 0 Å². The molecule has 3 aromatic carbocycles. The highest BCUT2D eigenvalue weighted by molar-refractivity contribution is 6.16. The number of benzene rings is 3. The van der Waals surface area contributed by atoms with Gasteiger partial charge in [-0.25, -0.2) is 9.97 Å². The fourth-order valence-electron chi connectivity index (χ4n) is 3.76. The molecular formula is C26H22N6O3. The Hall–Kier alpha value is -4.92. The maximum atomic E-state index is 13.3. The quantitative estimate of drug-likeness (QED) is 0.360. The number of carbonyl (C=O) groups excluding carboxylic acids is 1. The van der Waals surface area contributed by atoms with Crippen LogP contribution >= 0.6 is 0 Å². The standard InChI is InChI=1S/C26H22N6O3/c1-34-20-13-12-16(14-21(20)35-2)15-28-32-24(27)22(26(33)29-17-8-4-3-5-9-17)23-25(32)31-19-11-7-6-10-18(19)30-23/h3-15H,27H2,1-2H3,(H,29,33)/b28-15-. The number of hydrogen-bond donors (Lipinski definition) is 2. The lowest BCUT2D eigenvalue weighted by atomic mass is 10.2. The van der Waals surface area contributed by atoms with Gasteiger partial charge in [-0.05, 0) is 48.0 Å². The van der Waals surface area contributed by atoms with Crippen molar-refractivity contribution in [3.63, 3.8) is 0 Å². The molecule has 174 valence electrons. The van der Waals surface area contributed by atoms with E-state index < -0.39 is 5.91 Å². The first-order valence-electron chi connectivity index (χ1n) is 10.8. The predicted octanol–water partition coefficient (Wildman–Crippen LogP) is 4.32. The number of nitrogens with zero attached hydrogens (tertiary/aromatic N) is 4. The van der Waals surface area contributed by atoms with Crippen LogP contribution in [0.25, 0.3) is 22.2 Å². The minimum Gasteiger partial charge on any atom is -0.493 e. The van der Waals surface area contributed by atoms with Crippen molar-refractivity contribution in [1.29, 1.82) is 0 Å². The zero-order chi connectivity index (χ0) is 24.4. The summed E-state index contributed by atoms with van der Waals surface area (Å²) in [6.07, 6.45) is 1.60. The molecule has 0 aliphatic rings. The molecular weight excluding hydrogens is 444 g/mol. The van der Waals surface area contributed by atoms with Crippen LogP contribution in [0.5, 0.6) is 11.5 Å². The molecule has 0 fully saturated rings. The minimum atomic E-state index is -0.400. The fourth-order valence-corrected chi connectivity index (χ4v) is 3.76. The summed E-state index contributed by atoms with van der Waals surface area (Å²) in [5.74, 6) is 0.895. The first-order valence-corrected chi connectivity index (χ1v) is 10.8. The number of ether oxygens (including phenoxy) is 2. The van der Waals surface area contributed by atoms with Crippen molar-refractivity contribution in [3.05, 3.63) is 83.9 Å². The maximum Gasteiger partial charge on any atom is 0.261 e. The molecule has 2 aromatic heterocycles. The smallest absolute Gasteiger partial charge is 0.261 e. The summed E-state index contributed by atoms with van der Waals surface area (Å²) in [6.45, 7) is 0. The van der Waals surface area contributed by atoms with Gasteiger partial charge in [-0.15, -0.1) is 0 Å². The van der Waals surface area contributed by atoms with Crippen LogP contribution in [0.4, 0.5) is 11.5 Å². The van der Waals surface area contributed by atoms with Gasteiger partial charge in [0, 0.05) is 5.69 Å². The fraction of sp³-hybridized carbons (Fsp3) is 0.0769. The molecule has 0 unspecified atom stereocenters. The van der Waals surface area contributed by atoms with Gasteiger partial charge < -0.3 is 20.5 Å². The molecule has 9 heteroatoms. The van der Waals surface area contributed by atoms with Crippen molar-refractivity contribution >= 4 is 45.8 Å². The molecule has 0 saturated carbocycles. The lowest BCUT2D eigenvalue weighted by Gasteiger charge is -2.07. The third kappa shape index (κ3) is 4.10. The van der Waals surface area contributed by atoms with Crippen LogP contribution < -0.4 is 20.5 Å². The molecule has 0 bridgehead atoms. The maximum absolute atomic E-state index is 13.3. The zero-order valence-corrected chi connectivity index (χ0v) is 19.1. The summed E-state index contributed by atoms with van der Waals surface area (Å²) in [4.78, 5) is 22.7. The van der Waals surface area contributed by atoms with Gasteiger partial charge in [0.05, 0.1) is 31.5 Å². The number of aromatic nitrogens is 3. The van der Waals surface area contributed by atoms with Crippen LogP contribution in [0.1, 0.15) is 15.9 Å². The Balaban J connectivity index is 1.64. The average Bonchev–Trinajstić information content (AvgIpc) is 3.16. The van der Waals surface area contributed by atoms with Crippen LogP contribution in [-0.2, 0) is 0 Å². The number of anilines is 2. The van der Waals surface area contributed by atoms with E-state index in [0.29, 0.717) is 39.4 Å². The van der Waals surface area contributed by atoms with Crippen molar-refractivity contribution in [3.8, 4) is 11.5 Å². The Kier molecular flexibility index (Phi) is 5.72. The Morgan fingerprint density at radius 3 is 2.34 bits per heavy atom. The van der Waals surface area contributed by atoms with Crippen LogP contribution in [0.15, 0.2) is 77.9 Å². The van der Waals surface area contributed by atoms with Gasteiger partial charge in [0.2, 0.25) is 0 Å². The molecule has 3 N–H and O–H groups in total. The normalized spacial score (nSPS) is 11.3. The second-order valence-corrected chi connectivity index (χ2v) is 7.64. The first-order chi connectivity index (χ1) is 17.1. The Labute approximate surface area is 200 Å². The second kappa shape index (κ2) is 9.14. The second-order valence-electron chi connectivity index (χ2n) is 7.64. The van der Waals surface area contributed by atoms with E-state index in [1.54, 1.807) is 44.7 Å². The number of fused-ring (bicyclic) bond motifs is 2. The minimum absolute atomic E-state index is 0.125. The highest BCUT2D eigenvalue weighted by atomic mass is 16.5. The molecule has 0 radical (unpaired) electrons. The lowest BCUT2D eigenvalue weighted by molar-refractivity contribution is 0.102. The summed E-state index contributed by atoms with van der Waals surface area (Å²) in [5, 5.41) is 7.41. The highest BCUT2D eigenvalue weighted by Gasteiger charge is 2.24. The number of amides is 1. The number of nitrogen functional groups attached to an aromatic ring is 1. The first kappa shape index (κ1) is 21.9. The van der Waals surface area contributed by atoms with Gasteiger partial charge in [0.1, 0.15) is 16.9 Å². The average molecular weight is 467 g/mol. The molecule has 0 aliphatic heterocycles. The van der Waals surface area contributed by atoms with Gasteiger partial charge in [-0.2, -0.15) is 9.78 Å². The third-order valence-electron chi connectivity index (χ3n) is 5.46. The van der Waals surface area contributed by atoms with Crippen molar-refractivity contribution in [1.82, 2.24) is 14.6 Å². The summed E-state index contributed by atoms with van der Waals surface area (Å²) >= 11 is 0. The molecule has 0 aliphatic carbocycles. The zero-order valence-electron chi connectivity index (χ0n) is 19.1. The molecule has 5 rings (SSSR count). The largest absolute Gasteiger partial charge is 0.493 e. The van der Waals surface area contributed by atoms with E-state index in [2.05, 4.69) is 10.4 Å². The van der Waals surface area contributed by atoms with Gasteiger partial charge >= 0.3 is 0 Å². The SMILES string of the molecule is COc1ccc(/C=N\n2c(N)c(C(=O)Nc3ccccc3)c3nc4ccccc4nc32)cc1OC. The number of nitrogens with one attached hydrogen (secondary N) is 1. The van der Waals surface area contributed by atoms with Gasteiger partial charge in [-0.1, -0.05) is 30.3 Å². The van der Waals surface area contributed by atoms with Crippen molar-refractivity contribution in [2.75, 3.05) is 25.3 Å². The molecule has 9 nitrogen and oxygen atoms in total. The molecule has 0 saturated heterocycles. The highest BCUT2D eigenvalue weighted by Crippen LogP contribution is 2.30. The van der Waals surface area contributed by atoms with Crippen molar-refractivity contribution in [2.24, 2.45) is 5.10 Å². The molecule has 35 heavy (non-hydrogen) atoms. The van der Waals surface area contributed by atoms with E-state index in [1.165, 1.54) is 4.68 Å². The number of hydrogen-bond acceptors (Lipinski definition) is 7. The predicted molar refractivity (Wildman–Crippen MR) is 136 cm³/mol. The Bertz CT molecular complexity index is 1580. The monoisotopic (exact) mass is 466 g/mol. The van der Waals surface area contributed by atoms with E-state index in [1.807, 2.05) is 48.5 Å². The number of methoxy groups -OCH3 is 2. The van der Waals surface area contributed by atoms with Crippen molar-refractivity contribution < 1.29 is 14.3 Å². The molecule has 0 spiro atoms. The van der Waals surface area contributed by atoms with Gasteiger partial charge in [-0.3, -0.25) is 4.79 Å². The topological polar surface area (TPSA) is 117 Å². The van der Waals surface area contributed by atoms with Crippen LogP contribution in [0, 0.1) is 0 Å². The molecule has 0 atom stereocenters. The number of nitrogens with two attached hydrogens (primary N) is 1. The van der Waals surface area contributed by atoms with E-state index in [9.17, 15) is 4.79 Å². The Morgan fingerprint density at radius 2 is 1.63 bits per heavy atom. The van der Waals surface area contributed by atoms with Gasteiger partial charge in [0.25, 0.3) is 5.91 Å². The molecule has 5 aromatic rings. The van der Waals surface area contributed by atoms with Gasteiger partial charge in [0.15, 0.2) is 17.1 Å².